The Labute approximate surface area is 182 Å². The predicted molar refractivity (Wildman–Crippen MR) is 115 cm³/mol. The van der Waals surface area contributed by atoms with E-state index < -0.39 is 11.7 Å². The quantitative estimate of drug-likeness (QED) is 0.333. The summed E-state index contributed by atoms with van der Waals surface area (Å²) in [6.45, 7) is 1.89. The number of halogens is 3. The van der Waals surface area contributed by atoms with Gasteiger partial charge in [0.2, 0.25) is 0 Å². The zero-order valence-electron chi connectivity index (χ0n) is 17.4. The molecule has 0 saturated carbocycles. The molecule has 0 N–H and O–H groups in total. The minimum atomic E-state index is -4.48. The highest BCUT2D eigenvalue weighted by molar-refractivity contribution is 5.97. The van der Waals surface area contributed by atoms with Crippen molar-refractivity contribution in [3.8, 4) is 11.8 Å². The number of hydrogen-bond acceptors (Lipinski definition) is 3. The average Bonchev–Trinajstić information content (AvgIpc) is 3.13. The van der Waals surface area contributed by atoms with Gasteiger partial charge in [0.15, 0.2) is 5.78 Å². The van der Waals surface area contributed by atoms with Crippen LogP contribution in [0.4, 0.5) is 13.2 Å². The van der Waals surface area contributed by atoms with Crippen LogP contribution in [-0.4, -0.2) is 20.3 Å². The fraction of sp³-hybridized carbons (Fsp3) is 0.160. The summed E-state index contributed by atoms with van der Waals surface area (Å²) in [5.74, 6) is 5.89. The summed E-state index contributed by atoms with van der Waals surface area (Å²) in [6, 6.07) is 12.6. The molecule has 0 aliphatic carbocycles. The van der Waals surface area contributed by atoms with Crippen LogP contribution in [0.2, 0.25) is 0 Å². The van der Waals surface area contributed by atoms with Gasteiger partial charge in [-0.15, -0.1) is 0 Å². The molecule has 0 unspecified atom stereocenters. The first kappa shape index (κ1) is 21.3. The third kappa shape index (κ3) is 4.54. The Morgan fingerprint density at radius 2 is 1.84 bits per heavy atom. The van der Waals surface area contributed by atoms with E-state index in [4.69, 9.17) is 0 Å². The van der Waals surface area contributed by atoms with E-state index in [9.17, 15) is 18.0 Å². The highest BCUT2D eigenvalue weighted by atomic mass is 19.4. The van der Waals surface area contributed by atoms with E-state index in [1.54, 1.807) is 24.5 Å². The molecule has 4 nitrogen and oxygen atoms in total. The van der Waals surface area contributed by atoms with Gasteiger partial charge in [0.05, 0.1) is 29.3 Å². The molecule has 0 bridgehead atoms. The van der Waals surface area contributed by atoms with Crippen molar-refractivity contribution in [2.24, 2.45) is 7.05 Å². The Morgan fingerprint density at radius 3 is 2.62 bits per heavy atom. The molecule has 2 heterocycles. The largest absolute Gasteiger partial charge is 0.416 e. The van der Waals surface area contributed by atoms with Crippen LogP contribution in [0.3, 0.4) is 0 Å². The third-order valence-corrected chi connectivity index (χ3v) is 5.11. The first-order chi connectivity index (χ1) is 15.2. The van der Waals surface area contributed by atoms with Crippen molar-refractivity contribution in [1.29, 1.82) is 0 Å². The van der Waals surface area contributed by atoms with E-state index in [1.807, 2.05) is 36.7 Å². The minimum Gasteiger partial charge on any atom is -0.334 e. The molecule has 160 valence electrons. The number of imidazole rings is 1. The number of pyridine rings is 1. The number of alkyl halides is 3. The SMILES string of the molecule is Cc1ccc(C(=O)Cc2cc(C(F)(F)F)ccn2)cc1C#Cc1ccc2ncn(C)c2c1. The van der Waals surface area contributed by atoms with Gasteiger partial charge in [-0.05, 0) is 48.9 Å². The molecule has 0 aliphatic heterocycles. The maximum Gasteiger partial charge on any atom is 0.416 e. The number of Topliss-reactive ketones (excluding diaryl/α,β-unsaturated/α-hetero) is 1. The van der Waals surface area contributed by atoms with E-state index in [0.717, 1.165) is 40.5 Å². The number of rotatable bonds is 3. The van der Waals surface area contributed by atoms with E-state index in [1.165, 1.54) is 0 Å². The number of ketones is 1. The van der Waals surface area contributed by atoms with Gasteiger partial charge in [-0.1, -0.05) is 24.0 Å². The van der Waals surface area contributed by atoms with Crippen LogP contribution in [0.5, 0.6) is 0 Å². The van der Waals surface area contributed by atoms with E-state index in [2.05, 4.69) is 21.8 Å². The number of nitrogens with zero attached hydrogens (tertiary/aromatic N) is 3. The van der Waals surface area contributed by atoms with Gasteiger partial charge in [-0.25, -0.2) is 4.98 Å². The van der Waals surface area contributed by atoms with Crippen molar-refractivity contribution in [3.63, 3.8) is 0 Å². The van der Waals surface area contributed by atoms with Crippen LogP contribution in [0.1, 0.15) is 38.3 Å². The maximum absolute atomic E-state index is 12.9. The highest BCUT2D eigenvalue weighted by Crippen LogP contribution is 2.29. The van der Waals surface area contributed by atoms with E-state index in [-0.39, 0.29) is 17.9 Å². The molecule has 0 fully saturated rings. The molecule has 0 atom stereocenters. The number of hydrogen-bond donors (Lipinski definition) is 0. The van der Waals surface area contributed by atoms with Crippen molar-refractivity contribution >= 4 is 16.8 Å². The average molecular weight is 433 g/mol. The Hall–Kier alpha value is -3.92. The van der Waals surface area contributed by atoms with Crippen LogP contribution in [0.15, 0.2) is 61.1 Å². The van der Waals surface area contributed by atoms with Gasteiger partial charge >= 0.3 is 6.18 Å². The fourth-order valence-corrected chi connectivity index (χ4v) is 3.29. The summed E-state index contributed by atoms with van der Waals surface area (Å²) in [7, 11) is 1.91. The highest BCUT2D eigenvalue weighted by Gasteiger charge is 2.30. The second-order valence-electron chi connectivity index (χ2n) is 7.47. The van der Waals surface area contributed by atoms with Gasteiger partial charge in [0.1, 0.15) is 0 Å². The Morgan fingerprint density at radius 1 is 1.03 bits per heavy atom. The van der Waals surface area contributed by atoms with Gasteiger partial charge < -0.3 is 4.57 Å². The molecule has 0 spiro atoms. The summed E-state index contributed by atoms with van der Waals surface area (Å²) in [4.78, 5) is 20.9. The normalized spacial score (nSPS) is 11.3. The van der Waals surface area contributed by atoms with E-state index in [0.29, 0.717) is 11.1 Å². The summed E-state index contributed by atoms with van der Waals surface area (Å²) in [5, 5.41) is 0. The fourth-order valence-electron chi connectivity index (χ4n) is 3.29. The van der Waals surface area contributed by atoms with Gasteiger partial charge in [0.25, 0.3) is 0 Å². The minimum absolute atomic E-state index is 0.0718. The molecule has 0 amide bonds. The topological polar surface area (TPSA) is 47.8 Å². The first-order valence-corrected chi connectivity index (χ1v) is 9.80. The summed E-state index contributed by atoms with van der Waals surface area (Å²) in [6.07, 6.45) is -1.90. The van der Waals surface area contributed by atoms with Crippen LogP contribution < -0.4 is 0 Å². The third-order valence-electron chi connectivity index (χ3n) is 5.11. The van der Waals surface area contributed by atoms with Crippen LogP contribution in [-0.2, 0) is 19.6 Å². The van der Waals surface area contributed by atoms with E-state index >= 15 is 0 Å². The molecular formula is C25H18F3N3O. The van der Waals surface area contributed by atoms with Crippen molar-refractivity contribution in [2.75, 3.05) is 0 Å². The van der Waals surface area contributed by atoms with Crippen LogP contribution in [0.25, 0.3) is 11.0 Å². The number of carbonyl (C=O) groups is 1. The molecule has 2 aromatic heterocycles. The molecule has 0 aliphatic rings. The van der Waals surface area contributed by atoms with Crippen LogP contribution >= 0.6 is 0 Å². The predicted octanol–water partition coefficient (Wildman–Crippen LogP) is 5.12. The van der Waals surface area contributed by atoms with Crippen molar-refractivity contribution in [3.05, 3.63) is 94.6 Å². The number of aryl methyl sites for hydroxylation is 2. The molecule has 32 heavy (non-hydrogen) atoms. The molecule has 4 rings (SSSR count). The zero-order chi connectivity index (χ0) is 22.9. The molecule has 0 radical (unpaired) electrons. The number of carbonyl (C=O) groups excluding carboxylic acids is 1. The zero-order valence-corrected chi connectivity index (χ0v) is 17.4. The maximum atomic E-state index is 12.9. The Balaban J connectivity index is 1.58. The first-order valence-electron chi connectivity index (χ1n) is 9.80. The Bertz CT molecular complexity index is 1390. The van der Waals surface area contributed by atoms with Crippen LogP contribution in [0, 0.1) is 18.8 Å². The second-order valence-corrected chi connectivity index (χ2v) is 7.47. The monoisotopic (exact) mass is 433 g/mol. The number of fused-ring (bicyclic) bond motifs is 1. The molecule has 0 saturated heterocycles. The lowest BCUT2D eigenvalue weighted by Crippen LogP contribution is -2.09. The molecular weight excluding hydrogens is 415 g/mol. The van der Waals surface area contributed by atoms with Crippen molar-refractivity contribution < 1.29 is 18.0 Å². The summed E-state index contributed by atoms with van der Waals surface area (Å²) < 4.78 is 40.6. The summed E-state index contributed by atoms with van der Waals surface area (Å²) >= 11 is 0. The Kier molecular flexibility index (Phi) is 5.54. The van der Waals surface area contributed by atoms with Crippen molar-refractivity contribution in [1.82, 2.24) is 14.5 Å². The lowest BCUT2D eigenvalue weighted by Gasteiger charge is -2.08. The van der Waals surface area contributed by atoms with Gasteiger partial charge in [-0.2, -0.15) is 13.2 Å². The van der Waals surface area contributed by atoms with Gasteiger partial charge in [0, 0.05) is 35.6 Å². The smallest absolute Gasteiger partial charge is 0.334 e. The summed E-state index contributed by atoms with van der Waals surface area (Å²) in [5.41, 5.74) is 3.85. The standard InChI is InChI=1S/C25H18F3N3O/c1-16-3-6-19(24(32)14-21-13-20(9-10-29-21)25(26,27)28)12-18(16)7-4-17-5-8-22-23(11-17)31(2)15-30-22/h3,5-6,8-13,15H,14H2,1-2H3. The number of aromatic nitrogens is 3. The lowest BCUT2D eigenvalue weighted by molar-refractivity contribution is -0.137. The van der Waals surface area contributed by atoms with Gasteiger partial charge in [-0.3, -0.25) is 9.78 Å². The molecule has 2 aromatic carbocycles. The molecule has 7 heteroatoms. The van der Waals surface area contributed by atoms with Crippen molar-refractivity contribution in [2.45, 2.75) is 19.5 Å². The lowest BCUT2D eigenvalue weighted by atomic mass is 9.99. The second kappa shape index (κ2) is 8.31. The molecule has 4 aromatic rings. The number of benzene rings is 2.